The van der Waals surface area contributed by atoms with Gasteiger partial charge in [-0.25, -0.2) is 15.0 Å². The van der Waals surface area contributed by atoms with Crippen molar-refractivity contribution in [2.75, 3.05) is 0 Å². The average Bonchev–Trinajstić information content (AvgIpc) is 2.57. The number of nitrogens with one attached hydrogen (secondary N) is 1. The molecule has 0 spiro atoms. The van der Waals surface area contributed by atoms with Crippen molar-refractivity contribution in [1.29, 1.82) is 0 Å². The van der Waals surface area contributed by atoms with Crippen LogP contribution in [-0.4, -0.2) is 25.0 Å². The number of aliphatic hydroxyl groups is 1. The number of H-pyrrole nitrogens is 1. The summed E-state index contributed by atoms with van der Waals surface area (Å²) >= 11 is 0. The van der Waals surface area contributed by atoms with Gasteiger partial charge in [-0.1, -0.05) is 6.42 Å². The van der Waals surface area contributed by atoms with E-state index in [4.69, 9.17) is 5.11 Å². The molecule has 0 unspecified atom stereocenters. The second-order valence-electron chi connectivity index (χ2n) is 3.93. The molecule has 0 aromatic carbocycles. The van der Waals surface area contributed by atoms with Crippen LogP contribution in [0, 0.1) is 0 Å². The zero-order valence-electron chi connectivity index (χ0n) is 8.27. The van der Waals surface area contributed by atoms with E-state index in [1.807, 2.05) is 0 Å². The number of hydrogen-bond donors (Lipinski definition) is 2. The molecule has 15 heavy (non-hydrogen) atoms. The first-order valence-electron chi connectivity index (χ1n) is 5.19. The predicted molar refractivity (Wildman–Crippen MR) is 54.2 cm³/mol. The van der Waals surface area contributed by atoms with E-state index in [2.05, 4.69) is 19.9 Å². The minimum Gasteiger partial charge on any atom is -0.388 e. The molecule has 0 aliphatic heterocycles. The normalized spacial score (nSPS) is 16.9. The smallest absolute Gasteiger partial charge is 0.181 e. The molecule has 5 nitrogen and oxygen atoms in total. The monoisotopic (exact) mass is 204 g/mol. The average molecular weight is 204 g/mol. The highest BCUT2D eigenvalue weighted by molar-refractivity contribution is 5.69. The van der Waals surface area contributed by atoms with Crippen molar-refractivity contribution < 1.29 is 5.11 Å². The minimum absolute atomic E-state index is 0.0882. The SMILES string of the molecule is OCc1nc2nc(C3CCC3)ncc2[nH]1. The van der Waals surface area contributed by atoms with Crippen molar-refractivity contribution in [2.45, 2.75) is 31.8 Å². The van der Waals surface area contributed by atoms with Crippen LogP contribution in [0.1, 0.15) is 36.8 Å². The first-order chi connectivity index (χ1) is 7.36. The summed E-state index contributed by atoms with van der Waals surface area (Å²) < 4.78 is 0. The van der Waals surface area contributed by atoms with Crippen LogP contribution in [0.15, 0.2) is 6.20 Å². The lowest BCUT2D eigenvalue weighted by molar-refractivity contribution is 0.273. The molecule has 1 fully saturated rings. The van der Waals surface area contributed by atoms with Gasteiger partial charge < -0.3 is 10.1 Å². The minimum atomic E-state index is -0.0882. The zero-order valence-corrected chi connectivity index (χ0v) is 8.27. The maximum absolute atomic E-state index is 8.93. The number of aliphatic hydroxyl groups excluding tert-OH is 1. The van der Waals surface area contributed by atoms with Gasteiger partial charge in [0.05, 0.1) is 6.20 Å². The van der Waals surface area contributed by atoms with E-state index in [1.165, 1.54) is 19.3 Å². The molecule has 0 atom stereocenters. The van der Waals surface area contributed by atoms with Crippen LogP contribution in [0.5, 0.6) is 0 Å². The van der Waals surface area contributed by atoms with Crippen LogP contribution in [0.25, 0.3) is 11.2 Å². The molecule has 78 valence electrons. The largest absolute Gasteiger partial charge is 0.388 e. The van der Waals surface area contributed by atoms with Gasteiger partial charge in [0.25, 0.3) is 0 Å². The van der Waals surface area contributed by atoms with Gasteiger partial charge in [-0.3, -0.25) is 0 Å². The van der Waals surface area contributed by atoms with E-state index < -0.39 is 0 Å². The van der Waals surface area contributed by atoms with Crippen LogP contribution in [0.3, 0.4) is 0 Å². The first-order valence-corrected chi connectivity index (χ1v) is 5.19. The summed E-state index contributed by atoms with van der Waals surface area (Å²) in [7, 11) is 0. The highest BCUT2D eigenvalue weighted by Gasteiger charge is 2.22. The molecule has 1 aliphatic rings. The Morgan fingerprint density at radius 1 is 1.40 bits per heavy atom. The molecule has 3 rings (SSSR count). The maximum Gasteiger partial charge on any atom is 0.181 e. The van der Waals surface area contributed by atoms with Crippen molar-refractivity contribution in [2.24, 2.45) is 0 Å². The summed E-state index contributed by atoms with van der Waals surface area (Å²) in [5, 5.41) is 8.93. The molecule has 1 saturated carbocycles. The summed E-state index contributed by atoms with van der Waals surface area (Å²) in [5.74, 6) is 1.96. The lowest BCUT2D eigenvalue weighted by Crippen LogP contribution is -2.12. The van der Waals surface area contributed by atoms with Crippen molar-refractivity contribution in [3.63, 3.8) is 0 Å². The van der Waals surface area contributed by atoms with E-state index in [1.54, 1.807) is 6.20 Å². The molecular weight excluding hydrogens is 192 g/mol. The van der Waals surface area contributed by atoms with Gasteiger partial charge in [-0.05, 0) is 12.8 Å². The van der Waals surface area contributed by atoms with Gasteiger partial charge in [-0.15, -0.1) is 0 Å². The van der Waals surface area contributed by atoms with E-state index in [-0.39, 0.29) is 6.61 Å². The Bertz CT molecular complexity index is 489. The molecule has 0 saturated heterocycles. The fraction of sp³-hybridized carbons (Fsp3) is 0.500. The van der Waals surface area contributed by atoms with Gasteiger partial charge in [0.2, 0.25) is 0 Å². The molecule has 1 aliphatic carbocycles. The highest BCUT2D eigenvalue weighted by atomic mass is 16.3. The predicted octanol–water partition coefficient (Wildman–Crippen LogP) is 1.11. The van der Waals surface area contributed by atoms with Gasteiger partial charge >= 0.3 is 0 Å². The Hall–Kier alpha value is -1.49. The van der Waals surface area contributed by atoms with E-state index in [0.29, 0.717) is 17.4 Å². The van der Waals surface area contributed by atoms with Gasteiger partial charge in [0, 0.05) is 5.92 Å². The quantitative estimate of drug-likeness (QED) is 0.768. The number of aromatic amines is 1. The van der Waals surface area contributed by atoms with Gasteiger partial charge in [0.1, 0.15) is 23.8 Å². The lowest BCUT2D eigenvalue weighted by atomic mass is 9.85. The first kappa shape index (κ1) is 8.79. The molecule has 0 amide bonds. The van der Waals surface area contributed by atoms with Gasteiger partial charge in [0.15, 0.2) is 5.65 Å². The summed E-state index contributed by atoms with van der Waals surface area (Å²) in [4.78, 5) is 15.9. The number of imidazole rings is 1. The molecule has 0 bridgehead atoms. The second kappa shape index (κ2) is 3.27. The van der Waals surface area contributed by atoms with Crippen LogP contribution < -0.4 is 0 Å². The number of rotatable bonds is 2. The van der Waals surface area contributed by atoms with Gasteiger partial charge in [-0.2, -0.15) is 0 Å². The molecule has 0 radical (unpaired) electrons. The van der Waals surface area contributed by atoms with Crippen molar-refractivity contribution in [3.05, 3.63) is 17.8 Å². The Morgan fingerprint density at radius 2 is 2.27 bits per heavy atom. The lowest BCUT2D eigenvalue weighted by Gasteiger charge is -2.23. The molecule has 2 N–H and O–H groups in total. The van der Waals surface area contributed by atoms with Crippen LogP contribution in [0.2, 0.25) is 0 Å². The van der Waals surface area contributed by atoms with Crippen LogP contribution in [-0.2, 0) is 6.61 Å². The standard InChI is InChI=1S/C10H12N4O/c15-5-8-12-7-4-11-9(6-2-1-3-6)14-10(7)13-8/h4,6,15H,1-3,5H2,(H,11,12,13,14). The molecular formula is C10H12N4O. The zero-order chi connectivity index (χ0) is 10.3. The van der Waals surface area contributed by atoms with E-state index >= 15 is 0 Å². The van der Waals surface area contributed by atoms with E-state index in [0.717, 1.165) is 11.3 Å². The molecule has 2 heterocycles. The summed E-state index contributed by atoms with van der Waals surface area (Å²) in [6, 6.07) is 0. The van der Waals surface area contributed by atoms with E-state index in [9.17, 15) is 0 Å². The summed E-state index contributed by atoms with van der Waals surface area (Å²) in [6.07, 6.45) is 5.39. The third-order valence-corrected chi connectivity index (χ3v) is 2.93. The molecule has 2 aromatic heterocycles. The fourth-order valence-corrected chi connectivity index (χ4v) is 1.81. The molecule has 5 heteroatoms. The fourth-order valence-electron chi connectivity index (χ4n) is 1.81. The Morgan fingerprint density at radius 3 is 2.93 bits per heavy atom. The topological polar surface area (TPSA) is 74.7 Å². The second-order valence-corrected chi connectivity index (χ2v) is 3.93. The summed E-state index contributed by atoms with van der Waals surface area (Å²) in [5.41, 5.74) is 1.46. The number of hydrogen-bond acceptors (Lipinski definition) is 4. The van der Waals surface area contributed by atoms with Crippen LogP contribution >= 0.6 is 0 Å². The number of fused-ring (bicyclic) bond motifs is 1. The van der Waals surface area contributed by atoms with Crippen LogP contribution in [0.4, 0.5) is 0 Å². The highest BCUT2D eigenvalue weighted by Crippen LogP contribution is 2.34. The number of nitrogens with zero attached hydrogens (tertiary/aromatic N) is 3. The Labute approximate surface area is 86.6 Å². The third kappa shape index (κ3) is 1.39. The Kier molecular flexibility index (Phi) is 1.92. The summed E-state index contributed by atoms with van der Waals surface area (Å²) in [6.45, 7) is -0.0882. The Balaban J connectivity index is 2.04. The van der Waals surface area contributed by atoms with Crippen molar-refractivity contribution in [1.82, 2.24) is 19.9 Å². The third-order valence-electron chi connectivity index (χ3n) is 2.93. The van der Waals surface area contributed by atoms with Crippen molar-refractivity contribution in [3.8, 4) is 0 Å². The van der Waals surface area contributed by atoms with Crippen molar-refractivity contribution >= 4 is 11.2 Å². The molecule has 2 aromatic rings. The number of aromatic nitrogens is 4. The maximum atomic E-state index is 8.93.